The van der Waals surface area contributed by atoms with Crippen molar-refractivity contribution in [3.05, 3.63) is 76.7 Å². The molecule has 2 aromatic carbocycles. The van der Waals surface area contributed by atoms with Crippen LogP contribution < -0.4 is 14.4 Å². The van der Waals surface area contributed by atoms with Crippen LogP contribution in [0.5, 0.6) is 5.88 Å². The summed E-state index contributed by atoms with van der Waals surface area (Å²) in [5, 5.41) is 2.47. The van der Waals surface area contributed by atoms with Crippen molar-refractivity contribution in [2.24, 2.45) is 0 Å². The first-order chi connectivity index (χ1) is 15.2. The molecule has 166 valence electrons. The number of nitrogens with zero attached hydrogens (tertiary/aromatic N) is 2. The maximum atomic E-state index is 14.1. The van der Waals surface area contributed by atoms with Crippen LogP contribution in [-0.2, 0) is 10.0 Å². The van der Waals surface area contributed by atoms with Crippen molar-refractivity contribution in [3.63, 3.8) is 0 Å². The molecular formula is C22H19ClFN3O4S. The molecule has 10 heteroatoms. The van der Waals surface area contributed by atoms with E-state index in [-0.39, 0.29) is 39.3 Å². The fraction of sp³-hybridized carbons (Fsp3) is 0.182. The Morgan fingerprint density at radius 2 is 2.00 bits per heavy atom. The third kappa shape index (κ3) is 4.13. The minimum Gasteiger partial charge on any atom is -0.471 e. The molecule has 32 heavy (non-hydrogen) atoms. The number of anilines is 2. The number of aryl methyl sites for hydroxylation is 1. The van der Waals surface area contributed by atoms with Gasteiger partial charge in [-0.2, -0.15) is 0 Å². The van der Waals surface area contributed by atoms with Crippen LogP contribution in [-0.4, -0.2) is 32.0 Å². The summed E-state index contributed by atoms with van der Waals surface area (Å²) in [5.74, 6) is -1.45. The fourth-order valence-corrected chi connectivity index (χ4v) is 5.26. The maximum absolute atomic E-state index is 14.1. The average molecular weight is 476 g/mol. The van der Waals surface area contributed by atoms with Crippen LogP contribution in [0.4, 0.5) is 15.8 Å². The Kier molecular flexibility index (Phi) is 5.79. The number of fused-ring (bicyclic) bond motifs is 1. The van der Waals surface area contributed by atoms with Crippen LogP contribution in [0.15, 0.2) is 59.6 Å². The lowest BCUT2D eigenvalue weighted by atomic mass is 10.2. The van der Waals surface area contributed by atoms with Crippen LogP contribution in [0, 0.1) is 12.7 Å². The zero-order chi connectivity index (χ0) is 23.0. The Labute approximate surface area is 189 Å². The predicted octanol–water partition coefficient (Wildman–Crippen LogP) is 4.41. The summed E-state index contributed by atoms with van der Waals surface area (Å²) in [6, 6.07) is 11.9. The third-order valence-corrected chi connectivity index (χ3v) is 6.95. The van der Waals surface area contributed by atoms with E-state index < -0.39 is 27.9 Å². The summed E-state index contributed by atoms with van der Waals surface area (Å²) in [4.78, 5) is 16.9. The van der Waals surface area contributed by atoms with Crippen molar-refractivity contribution in [2.75, 3.05) is 16.2 Å². The van der Waals surface area contributed by atoms with E-state index in [9.17, 15) is 17.6 Å². The number of sulfonamides is 1. The van der Waals surface area contributed by atoms with E-state index in [4.69, 9.17) is 16.3 Å². The van der Waals surface area contributed by atoms with Gasteiger partial charge in [-0.3, -0.25) is 9.10 Å². The molecule has 3 aromatic rings. The molecule has 1 aromatic heterocycles. The lowest BCUT2D eigenvalue weighted by molar-refractivity contribution is 0.102. The molecule has 1 atom stereocenters. The quantitative estimate of drug-likeness (QED) is 0.603. The SMILES string of the molecule is Cc1cccc(S(=O)(=O)N2C[C@H](C)Oc3ncc(NC(=O)c4c(F)cccc4Cl)cc32)c1. The number of nitrogens with one attached hydrogen (secondary N) is 1. The number of rotatable bonds is 4. The second-order valence-corrected chi connectivity index (χ2v) is 9.65. The molecule has 1 aliphatic heterocycles. The monoisotopic (exact) mass is 475 g/mol. The van der Waals surface area contributed by atoms with Crippen molar-refractivity contribution in [1.29, 1.82) is 0 Å². The van der Waals surface area contributed by atoms with E-state index in [1.165, 1.54) is 34.8 Å². The van der Waals surface area contributed by atoms with Crippen molar-refractivity contribution in [1.82, 2.24) is 4.98 Å². The number of carbonyl (C=O) groups excluding carboxylic acids is 1. The smallest absolute Gasteiger partial charge is 0.264 e. The van der Waals surface area contributed by atoms with Crippen molar-refractivity contribution < 1.29 is 22.3 Å². The number of benzene rings is 2. The van der Waals surface area contributed by atoms with Gasteiger partial charge in [0, 0.05) is 0 Å². The van der Waals surface area contributed by atoms with Gasteiger partial charge < -0.3 is 10.1 Å². The predicted molar refractivity (Wildman–Crippen MR) is 119 cm³/mol. The minimum atomic E-state index is -3.92. The van der Waals surface area contributed by atoms with Gasteiger partial charge >= 0.3 is 0 Å². The summed E-state index contributed by atoms with van der Waals surface area (Å²) in [6.07, 6.45) is 0.869. The summed E-state index contributed by atoms with van der Waals surface area (Å²) < 4.78 is 47.7. The highest BCUT2D eigenvalue weighted by Gasteiger charge is 2.34. The molecule has 1 amide bonds. The van der Waals surface area contributed by atoms with Crippen LogP contribution in [0.2, 0.25) is 5.02 Å². The van der Waals surface area contributed by atoms with Gasteiger partial charge in [0.15, 0.2) is 0 Å². The molecule has 0 aliphatic carbocycles. The first-order valence-electron chi connectivity index (χ1n) is 9.68. The zero-order valence-corrected chi connectivity index (χ0v) is 18.7. The summed E-state index contributed by atoms with van der Waals surface area (Å²) in [6.45, 7) is 3.60. The Hall–Kier alpha value is -3.17. The minimum absolute atomic E-state index is 0.0470. The molecule has 0 radical (unpaired) electrons. The van der Waals surface area contributed by atoms with Crippen molar-refractivity contribution >= 4 is 38.9 Å². The number of pyridine rings is 1. The van der Waals surface area contributed by atoms with Gasteiger partial charge in [-0.25, -0.2) is 17.8 Å². The van der Waals surface area contributed by atoms with E-state index in [0.29, 0.717) is 0 Å². The zero-order valence-electron chi connectivity index (χ0n) is 17.2. The van der Waals surface area contributed by atoms with Gasteiger partial charge in [0.05, 0.1) is 33.9 Å². The Morgan fingerprint density at radius 3 is 2.72 bits per heavy atom. The first-order valence-corrected chi connectivity index (χ1v) is 11.5. The molecule has 0 fully saturated rings. The maximum Gasteiger partial charge on any atom is 0.264 e. The summed E-state index contributed by atoms with van der Waals surface area (Å²) >= 11 is 5.96. The molecular weight excluding hydrogens is 457 g/mol. The Morgan fingerprint density at radius 1 is 1.25 bits per heavy atom. The number of hydrogen-bond acceptors (Lipinski definition) is 5. The van der Waals surface area contributed by atoms with Crippen LogP contribution in [0.25, 0.3) is 0 Å². The second kappa shape index (κ2) is 8.40. The highest BCUT2D eigenvalue weighted by molar-refractivity contribution is 7.92. The van der Waals surface area contributed by atoms with Gasteiger partial charge in [-0.05, 0) is 49.7 Å². The Bertz CT molecular complexity index is 1300. The number of halogens is 2. The van der Waals surface area contributed by atoms with Gasteiger partial charge in [0.25, 0.3) is 15.9 Å². The van der Waals surface area contributed by atoms with Crippen molar-refractivity contribution in [2.45, 2.75) is 24.8 Å². The second-order valence-electron chi connectivity index (χ2n) is 7.38. The summed E-state index contributed by atoms with van der Waals surface area (Å²) in [5.41, 5.74) is 0.812. The molecule has 1 N–H and O–H groups in total. The number of hydrogen-bond donors (Lipinski definition) is 1. The number of ether oxygens (including phenoxy) is 1. The first kappa shape index (κ1) is 22.0. The fourth-order valence-electron chi connectivity index (χ4n) is 3.38. The molecule has 0 saturated carbocycles. The Balaban J connectivity index is 1.72. The van der Waals surface area contributed by atoms with Gasteiger partial charge in [0.1, 0.15) is 17.6 Å². The van der Waals surface area contributed by atoms with E-state index >= 15 is 0 Å². The van der Waals surface area contributed by atoms with E-state index in [0.717, 1.165) is 11.6 Å². The molecule has 0 saturated heterocycles. The topological polar surface area (TPSA) is 88.6 Å². The number of amides is 1. The highest BCUT2D eigenvalue weighted by Crippen LogP contribution is 2.37. The molecule has 2 heterocycles. The number of aromatic nitrogens is 1. The van der Waals surface area contributed by atoms with Crippen LogP contribution >= 0.6 is 11.6 Å². The average Bonchev–Trinajstić information content (AvgIpc) is 2.73. The van der Waals surface area contributed by atoms with Crippen LogP contribution in [0.3, 0.4) is 0 Å². The lowest BCUT2D eigenvalue weighted by Crippen LogP contribution is -2.42. The number of carbonyl (C=O) groups is 1. The third-order valence-electron chi connectivity index (χ3n) is 4.86. The normalized spacial score (nSPS) is 15.6. The molecule has 0 spiro atoms. The van der Waals surface area contributed by atoms with Gasteiger partial charge in [-0.15, -0.1) is 0 Å². The molecule has 7 nitrogen and oxygen atoms in total. The van der Waals surface area contributed by atoms with Gasteiger partial charge in [-0.1, -0.05) is 29.8 Å². The highest BCUT2D eigenvalue weighted by atomic mass is 35.5. The lowest BCUT2D eigenvalue weighted by Gasteiger charge is -2.33. The van der Waals surface area contributed by atoms with Gasteiger partial charge in [0.2, 0.25) is 5.88 Å². The van der Waals surface area contributed by atoms with Crippen molar-refractivity contribution in [3.8, 4) is 5.88 Å². The summed E-state index contributed by atoms with van der Waals surface area (Å²) in [7, 11) is -3.92. The van der Waals surface area contributed by atoms with E-state index in [1.54, 1.807) is 32.0 Å². The largest absolute Gasteiger partial charge is 0.471 e. The standard InChI is InChI=1S/C22H19ClFN3O4S/c1-13-5-3-6-16(9-13)32(29,30)27-12-14(2)31-22-19(27)10-15(11-25-22)26-21(28)20-17(23)7-4-8-18(20)24/h3-11,14H,12H2,1-2H3,(H,26,28)/t14-/m0/s1. The van der Waals surface area contributed by atoms with E-state index in [2.05, 4.69) is 10.3 Å². The molecule has 1 aliphatic rings. The molecule has 0 bridgehead atoms. The molecule has 0 unspecified atom stereocenters. The molecule has 4 rings (SSSR count). The van der Waals surface area contributed by atoms with Crippen LogP contribution in [0.1, 0.15) is 22.8 Å². The van der Waals surface area contributed by atoms with E-state index in [1.807, 2.05) is 0 Å².